The molecule has 0 atom stereocenters. The van der Waals surface area contributed by atoms with Crippen molar-refractivity contribution in [1.82, 2.24) is 24.7 Å². The van der Waals surface area contributed by atoms with Crippen LogP contribution < -0.4 is 5.32 Å². The van der Waals surface area contributed by atoms with Gasteiger partial charge in [0.25, 0.3) is 0 Å². The lowest BCUT2D eigenvalue weighted by molar-refractivity contribution is 0.313. The van der Waals surface area contributed by atoms with Crippen molar-refractivity contribution in [3.05, 3.63) is 47.5 Å². The third kappa shape index (κ3) is 7.25. The zero-order valence-electron chi connectivity index (χ0n) is 19.7. The molecule has 0 spiro atoms. The molecular weight excluding hydrogens is 449 g/mol. The predicted octanol–water partition coefficient (Wildman–Crippen LogP) is 3.22. The monoisotopic (exact) mass is 483 g/mol. The third-order valence-corrected chi connectivity index (χ3v) is 6.72. The van der Waals surface area contributed by atoms with Crippen molar-refractivity contribution in [2.24, 2.45) is 0 Å². The van der Waals surface area contributed by atoms with Gasteiger partial charge in [0.15, 0.2) is 5.11 Å². The van der Waals surface area contributed by atoms with E-state index in [-0.39, 0.29) is 23.0 Å². The van der Waals surface area contributed by atoms with Crippen molar-refractivity contribution in [2.75, 3.05) is 27.2 Å². The van der Waals surface area contributed by atoms with E-state index in [0.717, 1.165) is 12.2 Å². The number of aromatic nitrogens is 2. The Kier molecular flexibility index (Phi) is 9.18. The first kappa shape index (κ1) is 26.2. The lowest BCUT2D eigenvalue weighted by Gasteiger charge is -2.29. The van der Waals surface area contributed by atoms with Crippen molar-refractivity contribution >= 4 is 27.2 Å². The van der Waals surface area contributed by atoms with Crippen LogP contribution in [-0.2, 0) is 22.1 Å². The zero-order chi connectivity index (χ0) is 24.1. The summed E-state index contributed by atoms with van der Waals surface area (Å²) in [6, 6.07) is 5.55. The van der Waals surface area contributed by atoms with Gasteiger partial charge in [-0.2, -0.15) is 0 Å². The Bertz CT molecular complexity index is 1000. The molecule has 2 aromatic rings. The minimum Gasteiger partial charge on any atom is -0.360 e. The van der Waals surface area contributed by atoms with E-state index in [2.05, 4.69) is 15.2 Å². The number of thiocarbonyl (C=S) groups is 1. The maximum Gasteiger partial charge on any atom is 0.228 e. The molecular formula is C22H34FN5O2S2. The summed E-state index contributed by atoms with van der Waals surface area (Å²) in [7, 11) is 0.264. The molecule has 0 amide bonds. The second-order valence-electron chi connectivity index (χ2n) is 8.71. The Morgan fingerprint density at radius 2 is 1.78 bits per heavy atom. The lowest BCUT2D eigenvalue weighted by atomic mass is 10.2. The molecule has 1 aromatic heterocycles. The molecule has 1 aromatic carbocycles. The topological polar surface area (TPSA) is 70.5 Å². The van der Waals surface area contributed by atoms with Gasteiger partial charge in [-0.3, -0.25) is 0 Å². The van der Waals surface area contributed by atoms with E-state index in [1.165, 1.54) is 24.3 Å². The van der Waals surface area contributed by atoms with Crippen LogP contribution in [0, 0.1) is 5.82 Å². The fraction of sp³-hybridized carbons (Fsp3) is 0.545. The van der Waals surface area contributed by atoms with Crippen molar-refractivity contribution in [1.29, 1.82) is 0 Å². The van der Waals surface area contributed by atoms with Gasteiger partial charge < -0.3 is 19.7 Å². The van der Waals surface area contributed by atoms with E-state index in [1.54, 1.807) is 10.8 Å². The van der Waals surface area contributed by atoms with Gasteiger partial charge >= 0.3 is 0 Å². The highest BCUT2D eigenvalue weighted by atomic mass is 32.2. The summed E-state index contributed by atoms with van der Waals surface area (Å²) < 4.78 is 41.3. The van der Waals surface area contributed by atoms with Gasteiger partial charge in [-0.1, -0.05) is 12.1 Å². The maximum atomic E-state index is 13.2. The molecule has 0 saturated carbocycles. The Hall–Kier alpha value is -2.04. The first-order chi connectivity index (χ1) is 14.9. The van der Waals surface area contributed by atoms with Gasteiger partial charge in [-0.15, -0.1) is 0 Å². The summed E-state index contributed by atoms with van der Waals surface area (Å²) in [5.74, 6) is -0.644. The summed E-state index contributed by atoms with van der Waals surface area (Å²) in [4.78, 5) is 8.39. The number of hydrogen-bond acceptors (Lipinski definition) is 5. The van der Waals surface area contributed by atoms with Crippen LogP contribution in [0.15, 0.2) is 35.6 Å². The maximum absolute atomic E-state index is 13.2. The molecule has 0 unspecified atom stereocenters. The van der Waals surface area contributed by atoms with Crippen molar-refractivity contribution in [3.63, 3.8) is 0 Å². The van der Waals surface area contributed by atoms with Crippen LogP contribution >= 0.6 is 12.2 Å². The zero-order valence-corrected chi connectivity index (χ0v) is 21.3. The molecule has 0 bridgehead atoms. The van der Waals surface area contributed by atoms with Gasteiger partial charge in [-0.05, 0) is 71.7 Å². The number of likely N-dealkylation sites (N-methyl/N-ethyl adjacent to an activating group) is 1. The standard InChI is InChI=1S/C22H34FN5O2S2/c1-16(2)25-21(31)27(12-11-26(5)6)14-20-13-24-22(28(20)17(3)4)32(29,30)15-18-7-9-19(23)10-8-18/h7-10,13,16-17H,11-12,14-15H2,1-6H3,(H,25,31). The number of imidazole rings is 1. The van der Waals surface area contributed by atoms with Gasteiger partial charge in [0.05, 0.1) is 24.2 Å². The summed E-state index contributed by atoms with van der Waals surface area (Å²) in [5.41, 5.74) is 1.28. The first-order valence-electron chi connectivity index (χ1n) is 10.6. The number of nitrogens with one attached hydrogen (secondary N) is 1. The lowest BCUT2D eigenvalue weighted by Crippen LogP contribution is -2.45. The number of sulfone groups is 1. The van der Waals surface area contributed by atoms with E-state index in [9.17, 15) is 12.8 Å². The summed E-state index contributed by atoms with van der Waals surface area (Å²) in [6.07, 6.45) is 1.61. The van der Waals surface area contributed by atoms with Crippen molar-refractivity contribution in [2.45, 2.75) is 57.2 Å². The van der Waals surface area contributed by atoms with Crippen LogP contribution in [0.2, 0.25) is 0 Å². The average Bonchev–Trinajstić information content (AvgIpc) is 3.11. The molecule has 0 aliphatic heterocycles. The Labute approximate surface area is 196 Å². The highest BCUT2D eigenvalue weighted by molar-refractivity contribution is 7.90. The number of hydrogen-bond donors (Lipinski definition) is 1. The highest BCUT2D eigenvalue weighted by Crippen LogP contribution is 2.23. The van der Waals surface area contributed by atoms with Gasteiger partial charge in [0.1, 0.15) is 5.82 Å². The first-order valence-corrected chi connectivity index (χ1v) is 12.7. The fourth-order valence-electron chi connectivity index (χ4n) is 3.25. The van der Waals surface area contributed by atoms with E-state index >= 15 is 0 Å². The summed E-state index contributed by atoms with van der Waals surface area (Å²) in [5, 5.41) is 3.91. The SMILES string of the molecule is CC(C)NC(=S)N(CCN(C)C)Cc1cnc(S(=O)(=O)Cc2ccc(F)cc2)n1C(C)C. The van der Waals surface area contributed by atoms with E-state index in [4.69, 9.17) is 12.2 Å². The molecule has 0 aliphatic carbocycles. The minimum atomic E-state index is -3.73. The molecule has 178 valence electrons. The van der Waals surface area contributed by atoms with E-state index < -0.39 is 15.7 Å². The quantitative estimate of drug-likeness (QED) is 0.520. The van der Waals surface area contributed by atoms with Crippen LogP contribution in [-0.4, -0.2) is 66.1 Å². The van der Waals surface area contributed by atoms with Crippen LogP contribution in [0.5, 0.6) is 0 Å². The molecule has 32 heavy (non-hydrogen) atoms. The number of rotatable bonds is 10. The van der Waals surface area contributed by atoms with Crippen LogP contribution in [0.4, 0.5) is 4.39 Å². The molecule has 10 heteroatoms. The molecule has 0 fully saturated rings. The van der Waals surface area contributed by atoms with E-state index in [1.807, 2.05) is 46.7 Å². The number of halogens is 1. The van der Waals surface area contributed by atoms with Crippen molar-refractivity contribution in [3.8, 4) is 0 Å². The molecule has 1 heterocycles. The second kappa shape index (κ2) is 11.2. The Morgan fingerprint density at radius 1 is 1.16 bits per heavy atom. The summed E-state index contributed by atoms with van der Waals surface area (Å²) >= 11 is 5.61. The van der Waals surface area contributed by atoms with Crippen LogP contribution in [0.25, 0.3) is 0 Å². The number of benzene rings is 1. The van der Waals surface area contributed by atoms with Crippen LogP contribution in [0.3, 0.4) is 0 Å². The second-order valence-corrected chi connectivity index (χ2v) is 11.0. The molecule has 7 nitrogen and oxygen atoms in total. The van der Waals surface area contributed by atoms with Crippen molar-refractivity contribution < 1.29 is 12.8 Å². The molecule has 0 saturated heterocycles. The predicted molar refractivity (Wildman–Crippen MR) is 130 cm³/mol. The van der Waals surface area contributed by atoms with Crippen LogP contribution in [0.1, 0.15) is 45.0 Å². The van der Waals surface area contributed by atoms with E-state index in [0.29, 0.717) is 23.8 Å². The average molecular weight is 484 g/mol. The third-order valence-electron chi connectivity index (χ3n) is 4.77. The highest BCUT2D eigenvalue weighted by Gasteiger charge is 2.26. The van der Waals surface area contributed by atoms with Gasteiger partial charge in [0, 0.05) is 25.2 Å². The molecule has 1 N–H and O–H groups in total. The molecule has 0 aliphatic rings. The number of nitrogens with zero attached hydrogens (tertiary/aromatic N) is 4. The fourth-order valence-corrected chi connectivity index (χ4v) is 5.24. The smallest absolute Gasteiger partial charge is 0.228 e. The Balaban J connectivity index is 2.35. The van der Waals surface area contributed by atoms with Gasteiger partial charge in [-0.25, -0.2) is 17.8 Å². The normalized spacial score (nSPS) is 12.1. The Morgan fingerprint density at radius 3 is 2.31 bits per heavy atom. The summed E-state index contributed by atoms with van der Waals surface area (Å²) in [6.45, 7) is 9.82. The van der Waals surface area contributed by atoms with Gasteiger partial charge in [0.2, 0.25) is 15.0 Å². The molecule has 0 radical (unpaired) electrons. The molecule has 2 rings (SSSR count). The minimum absolute atomic E-state index is 0.0159. The largest absolute Gasteiger partial charge is 0.360 e.